The van der Waals surface area contributed by atoms with Gasteiger partial charge in [-0.1, -0.05) is 17.7 Å². The van der Waals surface area contributed by atoms with Crippen molar-refractivity contribution in [3.63, 3.8) is 0 Å². The largest absolute Gasteiger partial charge is 0.482 e. The number of hydrogen-bond acceptors (Lipinski definition) is 5. The first-order valence-electron chi connectivity index (χ1n) is 9.85. The summed E-state index contributed by atoms with van der Waals surface area (Å²) in [6.45, 7) is 6.56. The predicted octanol–water partition coefficient (Wildman–Crippen LogP) is 2.30. The van der Waals surface area contributed by atoms with Gasteiger partial charge < -0.3 is 19.7 Å². The lowest BCUT2D eigenvalue weighted by Crippen LogP contribution is -2.45. The molecule has 2 aliphatic rings. The van der Waals surface area contributed by atoms with Crippen molar-refractivity contribution in [2.75, 3.05) is 56.2 Å². The summed E-state index contributed by atoms with van der Waals surface area (Å²) in [5, 5.41) is 2.91. The Morgan fingerprint density at radius 2 is 1.83 bits per heavy atom. The molecule has 2 aromatic carbocycles. The minimum Gasteiger partial charge on any atom is -0.482 e. The van der Waals surface area contributed by atoms with E-state index < -0.39 is 0 Å². The number of benzene rings is 2. The van der Waals surface area contributed by atoms with E-state index in [9.17, 15) is 9.59 Å². The van der Waals surface area contributed by atoms with Gasteiger partial charge in [0.15, 0.2) is 6.61 Å². The molecule has 2 amide bonds. The summed E-state index contributed by atoms with van der Waals surface area (Å²) in [7, 11) is 0. The van der Waals surface area contributed by atoms with Gasteiger partial charge in [0, 0.05) is 37.4 Å². The van der Waals surface area contributed by atoms with Crippen molar-refractivity contribution < 1.29 is 19.1 Å². The van der Waals surface area contributed by atoms with Crippen LogP contribution in [0.15, 0.2) is 42.5 Å². The highest BCUT2D eigenvalue weighted by atomic mass is 16.5. The standard InChI is InChI=1S/C22H25N3O4/c1-16-2-4-17(5-3-16)22(27)23-18-6-7-20-19(14-18)25(21(26)15-29-20)9-8-24-10-12-28-13-11-24/h2-7,14H,8-13,15H2,1H3,(H,23,27). The molecule has 0 atom stereocenters. The third-order valence-electron chi connectivity index (χ3n) is 5.22. The van der Waals surface area contributed by atoms with E-state index >= 15 is 0 Å². The number of hydrogen-bond donors (Lipinski definition) is 1. The Morgan fingerprint density at radius 3 is 2.59 bits per heavy atom. The number of rotatable bonds is 5. The molecule has 0 radical (unpaired) electrons. The highest BCUT2D eigenvalue weighted by Gasteiger charge is 2.26. The molecule has 0 spiro atoms. The molecule has 7 nitrogen and oxygen atoms in total. The second-order valence-electron chi connectivity index (χ2n) is 7.29. The fourth-order valence-electron chi connectivity index (χ4n) is 3.50. The van der Waals surface area contributed by atoms with E-state index in [0.717, 1.165) is 38.4 Å². The molecule has 1 saturated heterocycles. The van der Waals surface area contributed by atoms with E-state index in [1.807, 2.05) is 19.1 Å². The van der Waals surface area contributed by atoms with Crippen LogP contribution in [0.25, 0.3) is 0 Å². The van der Waals surface area contributed by atoms with Gasteiger partial charge in [-0.2, -0.15) is 0 Å². The van der Waals surface area contributed by atoms with Crippen LogP contribution in [0.1, 0.15) is 15.9 Å². The van der Waals surface area contributed by atoms with Crippen LogP contribution in [-0.2, 0) is 9.53 Å². The second kappa shape index (κ2) is 8.63. The van der Waals surface area contributed by atoms with E-state index in [1.54, 1.807) is 35.2 Å². The fourth-order valence-corrected chi connectivity index (χ4v) is 3.50. The Labute approximate surface area is 170 Å². The smallest absolute Gasteiger partial charge is 0.265 e. The minimum absolute atomic E-state index is 0.0329. The monoisotopic (exact) mass is 395 g/mol. The van der Waals surface area contributed by atoms with Crippen molar-refractivity contribution in [2.24, 2.45) is 0 Å². The van der Waals surface area contributed by atoms with E-state index in [2.05, 4.69) is 10.2 Å². The maximum Gasteiger partial charge on any atom is 0.265 e. The van der Waals surface area contributed by atoms with Gasteiger partial charge in [-0.25, -0.2) is 0 Å². The van der Waals surface area contributed by atoms with Gasteiger partial charge in [0.25, 0.3) is 11.8 Å². The van der Waals surface area contributed by atoms with Gasteiger partial charge in [0.05, 0.1) is 18.9 Å². The molecule has 2 aromatic rings. The van der Waals surface area contributed by atoms with Gasteiger partial charge in [0.2, 0.25) is 0 Å². The number of aryl methyl sites for hydroxylation is 1. The Bertz CT molecular complexity index is 891. The number of amides is 2. The Kier molecular flexibility index (Phi) is 5.78. The molecule has 7 heteroatoms. The second-order valence-corrected chi connectivity index (χ2v) is 7.29. The molecule has 4 rings (SSSR count). The Hall–Kier alpha value is -2.90. The molecular formula is C22H25N3O4. The first kappa shape index (κ1) is 19.4. The number of fused-ring (bicyclic) bond motifs is 1. The van der Waals surface area contributed by atoms with Crippen LogP contribution < -0.4 is 15.0 Å². The summed E-state index contributed by atoms with van der Waals surface area (Å²) < 4.78 is 11.0. The molecule has 2 heterocycles. The average molecular weight is 395 g/mol. The van der Waals surface area contributed by atoms with Crippen molar-refractivity contribution in [2.45, 2.75) is 6.92 Å². The molecule has 1 fully saturated rings. The summed E-state index contributed by atoms with van der Waals surface area (Å²) in [6.07, 6.45) is 0. The van der Waals surface area contributed by atoms with Crippen molar-refractivity contribution in [3.8, 4) is 5.75 Å². The van der Waals surface area contributed by atoms with E-state index in [-0.39, 0.29) is 18.4 Å². The SMILES string of the molecule is Cc1ccc(C(=O)Nc2ccc3c(c2)N(CCN2CCOCC2)C(=O)CO3)cc1. The summed E-state index contributed by atoms with van der Waals surface area (Å²) in [5.41, 5.74) is 3.01. The van der Waals surface area contributed by atoms with E-state index in [0.29, 0.717) is 29.2 Å². The lowest BCUT2D eigenvalue weighted by molar-refractivity contribution is -0.121. The van der Waals surface area contributed by atoms with Crippen LogP contribution in [-0.4, -0.2) is 62.7 Å². The third-order valence-corrected chi connectivity index (χ3v) is 5.22. The molecule has 0 aromatic heterocycles. The van der Waals surface area contributed by atoms with Crippen LogP contribution in [0.4, 0.5) is 11.4 Å². The van der Waals surface area contributed by atoms with Crippen LogP contribution in [0.3, 0.4) is 0 Å². The highest BCUT2D eigenvalue weighted by Crippen LogP contribution is 2.34. The third kappa shape index (κ3) is 4.58. The topological polar surface area (TPSA) is 71.1 Å². The lowest BCUT2D eigenvalue weighted by Gasteiger charge is -2.33. The Balaban J connectivity index is 1.49. The van der Waals surface area contributed by atoms with Gasteiger partial charge in [-0.3, -0.25) is 14.5 Å². The summed E-state index contributed by atoms with van der Waals surface area (Å²) in [5.74, 6) is 0.389. The molecule has 0 unspecified atom stereocenters. The maximum absolute atomic E-state index is 12.5. The number of nitrogens with zero attached hydrogens (tertiary/aromatic N) is 2. The fraction of sp³-hybridized carbons (Fsp3) is 0.364. The molecule has 1 N–H and O–H groups in total. The van der Waals surface area contributed by atoms with E-state index in [4.69, 9.17) is 9.47 Å². The quantitative estimate of drug-likeness (QED) is 0.841. The molecule has 29 heavy (non-hydrogen) atoms. The molecule has 152 valence electrons. The zero-order chi connectivity index (χ0) is 20.2. The number of nitrogens with one attached hydrogen (secondary N) is 1. The van der Waals surface area contributed by atoms with Crippen LogP contribution in [0.2, 0.25) is 0 Å². The number of morpholine rings is 1. The molecule has 0 bridgehead atoms. The predicted molar refractivity (Wildman–Crippen MR) is 111 cm³/mol. The van der Waals surface area contributed by atoms with Gasteiger partial charge in [0.1, 0.15) is 5.75 Å². The maximum atomic E-state index is 12.5. The van der Waals surface area contributed by atoms with Gasteiger partial charge >= 0.3 is 0 Å². The van der Waals surface area contributed by atoms with Gasteiger partial charge in [-0.15, -0.1) is 0 Å². The number of carbonyl (C=O) groups excluding carboxylic acids is 2. The average Bonchev–Trinajstić information content (AvgIpc) is 2.74. The van der Waals surface area contributed by atoms with Gasteiger partial charge in [-0.05, 0) is 37.3 Å². The van der Waals surface area contributed by atoms with Crippen LogP contribution >= 0.6 is 0 Å². The number of anilines is 2. The number of ether oxygens (including phenoxy) is 2. The lowest BCUT2D eigenvalue weighted by atomic mass is 10.1. The van der Waals surface area contributed by atoms with E-state index in [1.165, 1.54) is 0 Å². The molecular weight excluding hydrogens is 370 g/mol. The van der Waals surface area contributed by atoms with Crippen molar-refractivity contribution in [1.82, 2.24) is 4.90 Å². The van der Waals surface area contributed by atoms with Crippen molar-refractivity contribution >= 4 is 23.2 Å². The minimum atomic E-state index is -0.187. The molecule has 2 aliphatic heterocycles. The molecule has 0 aliphatic carbocycles. The Morgan fingerprint density at radius 1 is 1.07 bits per heavy atom. The highest BCUT2D eigenvalue weighted by molar-refractivity contribution is 6.05. The zero-order valence-electron chi connectivity index (χ0n) is 16.5. The zero-order valence-corrected chi connectivity index (χ0v) is 16.5. The summed E-state index contributed by atoms with van der Waals surface area (Å²) >= 11 is 0. The summed E-state index contributed by atoms with van der Waals surface area (Å²) in [4.78, 5) is 29.0. The van der Waals surface area contributed by atoms with Crippen LogP contribution in [0, 0.1) is 6.92 Å². The first-order valence-corrected chi connectivity index (χ1v) is 9.85. The number of carbonyl (C=O) groups is 2. The normalized spacial score (nSPS) is 16.9. The van der Waals surface area contributed by atoms with Crippen molar-refractivity contribution in [1.29, 1.82) is 0 Å². The summed E-state index contributed by atoms with van der Waals surface area (Å²) in [6, 6.07) is 12.8. The van der Waals surface area contributed by atoms with Crippen molar-refractivity contribution in [3.05, 3.63) is 53.6 Å². The molecule has 0 saturated carbocycles. The first-order chi connectivity index (χ1) is 14.1. The van der Waals surface area contributed by atoms with Crippen LogP contribution in [0.5, 0.6) is 5.75 Å².